The van der Waals surface area contributed by atoms with Crippen molar-refractivity contribution >= 4 is 16.6 Å². The predicted molar refractivity (Wildman–Crippen MR) is 97.9 cm³/mol. The first-order valence-corrected chi connectivity index (χ1v) is 9.08. The van der Waals surface area contributed by atoms with E-state index in [0.717, 1.165) is 25.8 Å². The molecule has 4 rings (SSSR count). The molecule has 1 aromatic carbocycles. The van der Waals surface area contributed by atoms with Crippen LogP contribution >= 0.6 is 0 Å². The van der Waals surface area contributed by atoms with E-state index < -0.39 is 17.1 Å². The van der Waals surface area contributed by atoms with Crippen LogP contribution in [-0.2, 0) is 0 Å². The van der Waals surface area contributed by atoms with Gasteiger partial charge >= 0.3 is 5.69 Å². The molecule has 2 fully saturated rings. The standard InChI is InChI=1S/C18H23FN4O3/c1-3-10-9-22(7-6-20-10)15-13(19)8-12-14(16(15)26-2)23(11-4-5-11)18(25)21-17(12)24/h8,10-11,20H,3-7,9H2,1-2H3,(H,21,24,25). The molecule has 2 heterocycles. The maximum atomic E-state index is 15.0. The number of H-pyrrole nitrogens is 1. The number of aromatic amines is 1. The molecule has 1 aliphatic heterocycles. The van der Waals surface area contributed by atoms with Crippen molar-refractivity contribution in [3.8, 4) is 5.75 Å². The summed E-state index contributed by atoms with van der Waals surface area (Å²) in [6, 6.07) is 1.52. The molecule has 0 amide bonds. The lowest BCUT2D eigenvalue weighted by Gasteiger charge is -2.36. The van der Waals surface area contributed by atoms with Gasteiger partial charge in [0, 0.05) is 31.7 Å². The summed E-state index contributed by atoms with van der Waals surface area (Å²) < 4.78 is 22.2. The quantitative estimate of drug-likeness (QED) is 0.859. The van der Waals surface area contributed by atoms with Gasteiger partial charge in [-0.05, 0) is 25.3 Å². The maximum absolute atomic E-state index is 15.0. The number of fused-ring (bicyclic) bond motifs is 1. The van der Waals surface area contributed by atoms with Crippen LogP contribution in [-0.4, -0.2) is 42.3 Å². The molecule has 1 aliphatic carbocycles. The summed E-state index contributed by atoms with van der Waals surface area (Å²) in [4.78, 5) is 28.9. The average Bonchev–Trinajstić information content (AvgIpc) is 3.46. The van der Waals surface area contributed by atoms with E-state index in [2.05, 4.69) is 17.2 Å². The first-order valence-electron chi connectivity index (χ1n) is 9.08. The third-order valence-electron chi connectivity index (χ3n) is 5.29. The molecule has 1 saturated heterocycles. The number of benzene rings is 1. The van der Waals surface area contributed by atoms with E-state index >= 15 is 4.39 Å². The van der Waals surface area contributed by atoms with Gasteiger partial charge in [0.1, 0.15) is 11.2 Å². The van der Waals surface area contributed by atoms with Gasteiger partial charge in [-0.2, -0.15) is 0 Å². The van der Waals surface area contributed by atoms with Crippen molar-refractivity contribution in [3.05, 3.63) is 32.7 Å². The van der Waals surface area contributed by atoms with E-state index in [4.69, 9.17) is 4.74 Å². The lowest BCUT2D eigenvalue weighted by Crippen LogP contribution is -2.50. The largest absolute Gasteiger partial charge is 0.492 e. The van der Waals surface area contributed by atoms with Crippen molar-refractivity contribution in [2.75, 3.05) is 31.6 Å². The number of methoxy groups -OCH3 is 1. The minimum Gasteiger partial charge on any atom is -0.492 e. The number of nitrogens with zero attached hydrogens (tertiary/aromatic N) is 2. The van der Waals surface area contributed by atoms with Crippen LogP contribution in [0.1, 0.15) is 32.2 Å². The Hall–Kier alpha value is -2.35. The highest BCUT2D eigenvalue weighted by atomic mass is 19.1. The fourth-order valence-corrected chi connectivity index (χ4v) is 3.82. The number of piperazine rings is 1. The normalized spacial score (nSPS) is 20.6. The summed E-state index contributed by atoms with van der Waals surface area (Å²) in [6.07, 6.45) is 2.66. The first-order chi connectivity index (χ1) is 12.5. The Balaban J connectivity index is 1.99. The van der Waals surface area contributed by atoms with Crippen LogP contribution < -0.4 is 26.2 Å². The van der Waals surface area contributed by atoms with E-state index in [1.165, 1.54) is 13.2 Å². The zero-order valence-corrected chi connectivity index (χ0v) is 15.0. The van der Waals surface area contributed by atoms with Crippen molar-refractivity contribution in [3.63, 3.8) is 0 Å². The van der Waals surface area contributed by atoms with Gasteiger partial charge in [-0.15, -0.1) is 0 Å². The Morgan fingerprint density at radius 2 is 2.12 bits per heavy atom. The van der Waals surface area contributed by atoms with Gasteiger partial charge < -0.3 is 15.0 Å². The Kier molecular flexibility index (Phi) is 4.22. The molecule has 140 valence electrons. The van der Waals surface area contributed by atoms with Gasteiger partial charge in [0.05, 0.1) is 12.5 Å². The zero-order chi connectivity index (χ0) is 18.4. The Morgan fingerprint density at radius 3 is 2.77 bits per heavy atom. The number of aromatic nitrogens is 2. The van der Waals surface area contributed by atoms with Crippen LogP contribution in [0.2, 0.25) is 0 Å². The van der Waals surface area contributed by atoms with E-state index in [0.29, 0.717) is 24.3 Å². The van der Waals surface area contributed by atoms with Crippen LogP contribution in [0, 0.1) is 5.82 Å². The molecule has 7 nitrogen and oxygen atoms in total. The summed E-state index contributed by atoms with van der Waals surface area (Å²) >= 11 is 0. The van der Waals surface area contributed by atoms with Crippen LogP contribution in [0.3, 0.4) is 0 Å². The minimum absolute atomic E-state index is 0.0282. The molecule has 0 spiro atoms. The van der Waals surface area contributed by atoms with Crippen molar-refractivity contribution in [1.29, 1.82) is 0 Å². The highest BCUT2D eigenvalue weighted by Crippen LogP contribution is 2.42. The van der Waals surface area contributed by atoms with Gasteiger partial charge in [-0.25, -0.2) is 9.18 Å². The predicted octanol–water partition coefficient (Wildman–Crippen LogP) is 1.36. The first kappa shape index (κ1) is 17.1. The van der Waals surface area contributed by atoms with Gasteiger partial charge in [0.2, 0.25) is 0 Å². The van der Waals surface area contributed by atoms with Gasteiger partial charge in [-0.1, -0.05) is 6.92 Å². The van der Waals surface area contributed by atoms with Crippen molar-refractivity contribution < 1.29 is 9.13 Å². The molecular formula is C18H23FN4O3. The number of halogens is 1. The molecule has 1 aromatic heterocycles. The molecule has 1 atom stereocenters. The minimum atomic E-state index is -0.586. The summed E-state index contributed by atoms with van der Waals surface area (Å²) in [5, 5.41) is 3.56. The number of hydrogen-bond donors (Lipinski definition) is 2. The lowest BCUT2D eigenvalue weighted by atomic mass is 10.1. The smallest absolute Gasteiger partial charge is 0.329 e. The van der Waals surface area contributed by atoms with E-state index in [1.807, 2.05) is 4.90 Å². The molecule has 1 unspecified atom stereocenters. The molecule has 8 heteroatoms. The second-order valence-electron chi connectivity index (χ2n) is 7.00. The molecule has 0 bridgehead atoms. The monoisotopic (exact) mass is 362 g/mol. The van der Waals surface area contributed by atoms with E-state index in [1.54, 1.807) is 4.57 Å². The van der Waals surface area contributed by atoms with E-state index in [-0.39, 0.29) is 23.2 Å². The summed E-state index contributed by atoms with van der Waals surface area (Å²) in [5.41, 5.74) is -0.323. The molecule has 2 N–H and O–H groups in total. The second-order valence-corrected chi connectivity index (χ2v) is 7.00. The number of rotatable bonds is 4. The second kappa shape index (κ2) is 6.42. The molecule has 2 aromatic rings. The zero-order valence-electron chi connectivity index (χ0n) is 15.0. The third kappa shape index (κ3) is 2.68. The van der Waals surface area contributed by atoms with Crippen molar-refractivity contribution in [2.45, 2.75) is 38.3 Å². The summed E-state index contributed by atoms with van der Waals surface area (Å²) in [5.74, 6) is -0.232. The molecule has 1 saturated carbocycles. The van der Waals surface area contributed by atoms with Gasteiger partial charge in [0.15, 0.2) is 11.6 Å². The van der Waals surface area contributed by atoms with Gasteiger partial charge in [-0.3, -0.25) is 14.3 Å². The van der Waals surface area contributed by atoms with Crippen molar-refractivity contribution in [1.82, 2.24) is 14.9 Å². The molecule has 0 radical (unpaired) electrons. The lowest BCUT2D eigenvalue weighted by molar-refractivity contribution is 0.402. The van der Waals surface area contributed by atoms with Crippen LogP contribution in [0.15, 0.2) is 15.7 Å². The van der Waals surface area contributed by atoms with Crippen LogP contribution in [0.5, 0.6) is 5.75 Å². The third-order valence-corrected chi connectivity index (χ3v) is 5.29. The summed E-state index contributed by atoms with van der Waals surface area (Å²) in [7, 11) is 1.46. The van der Waals surface area contributed by atoms with Gasteiger partial charge in [0.25, 0.3) is 5.56 Å². The SMILES string of the molecule is CCC1CN(c2c(F)cc3c(=O)[nH]c(=O)n(C4CC4)c3c2OC)CCN1. The number of hydrogen-bond acceptors (Lipinski definition) is 5. The Bertz CT molecular complexity index is 964. The molecular weight excluding hydrogens is 339 g/mol. The molecule has 2 aliphatic rings. The Labute approximate surface area is 149 Å². The average molecular weight is 362 g/mol. The summed E-state index contributed by atoms with van der Waals surface area (Å²) in [6.45, 7) is 4.10. The topological polar surface area (TPSA) is 79.4 Å². The van der Waals surface area contributed by atoms with Crippen molar-refractivity contribution in [2.24, 2.45) is 0 Å². The highest BCUT2D eigenvalue weighted by Gasteiger charge is 2.32. The van der Waals surface area contributed by atoms with Crippen LogP contribution in [0.25, 0.3) is 10.9 Å². The number of nitrogens with one attached hydrogen (secondary N) is 2. The number of ether oxygens (including phenoxy) is 1. The highest BCUT2D eigenvalue weighted by molar-refractivity contribution is 5.91. The number of anilines is 1. The fraction of sp³-hybridized carbons (Fsp3) is 0.556. The fourth-order valence-electron chi connectivity index (χ4n) is 3.82. The molecule has 26 heavy (non-hydrogen) atoms. The maximum Gasteiger partial charge on any atom is 0.329 e. The Morgan fingerprint density at radius 1 is 1.35 bits per heavy atom. The van der Waals surface area contributed by atoms with E-state index in [9.17, 15) is 9.59 Å². The van der Waals surface area contributed by atoms with Crippen LogP contribution in [0.4, 0.5) is 10.1 Å².